The fourth-order valence-electron chi connectivity index (χ4n) is 2.41. The molecule has 3 atom stereocenters. The third-order valence-electron chi connectivity index (χ3n) is 3.25. The molecule has 1 fully saturated rings. The highest BCUT2D eigenvalue weighted by Gasteiger charge is 2.31. The van der Waals surface area contributed by atoms with Crippen molar-refractivity contribution in [1.82, 2.24) is 4.90 Å². The van der Waals surface area contributed by atoms with Crippen LogP contribution in [0.3, 0.4) is 0 Å². The number of hydrogen-bond donors (Lipinski definition) is 1. The second-order valence-corrected chi connectivity index (χ2v) is 4.45. The number of likely N-dealkylation sites (tertiary alicyclic amines) is 1. The van der Waals surface area contributed by atoms with Crippen molar-refractivity contribution in [2.45, 2.75) is 38.8 Å². The summed E-state index contributed by atoms with van der Waals surface area (Å²) in [5, 5.41) is 8.94. The van der Waals surface area contributed by atoms with Crippen LogP contribution in [0.2, 0.25) is 0 Å². The number of nitrogens with zero attached hydrogens (tertiary/aromatic N) is 1. The molecule has 1 heterocycles. The van der Waals surface area contributed by atoms with Crippen molar-refractivity contribution in [3.63, 3.8) is 0 Å². The Hall–Kier alpha value is -0.610. The van der Waals surface area contributed by atoms with Crippen LogP contribution in [0.4, 0.5) is 0 Å². The van der Waals surface area contributed by atoms with E-state index in [0.29, 0.717) is 18.7 Å². The van der Waals surface area contributed by atoms with E-state index >= 15 is 0 Å². The zero-order chi connectivity index (χ0) is 11.4. The Bertz CT molecular complexity index is 220. The second kappa shape index (κ2) is 5.47. The van der Waals surface area contributed by atoms with Crippen molar-refractivity contribution < 1.29 is 14.6 Å². The molecule has 0 amide bonds. The van der Waals surface area contributed by atoms with Crippen molar-refractivity contribution in [2.75, 3.05) is 20.3 Å². The molecule has 0 saturated carbocycles. The summed E-state index contributed by atoms with van der Waals surface area (Å²) in [7, 11) is 1.70. The van der Waals surface area contributed by atoms with Crippen molar-refractivity contribution in [3.05, 3.63) is 0 Å². The average molecular weight is 215 g/mol. The molecule has 1 aliphatic heterocycles. The van der Waals surface area contributed by atoms with E-state index in [2.05, 4.69) is 18.7 Å². The van der Waals surface area contributed by atoms with Crippen LogP contribution in [-0.2, 0) is 9.53 Å². The minimum atomic E-state index is -0.652. The number of carboxylic acid groups (broad SMARTS) is 1. The average Bonchev–Trinajstić information content (AvgIpc) is 2.17. The Labute approximate surface area is 91.2 Å². The van der Waals surface area contributed by atoms with Crippen LogP contribution >= 0.6 is 0 Å². The van der Waals surface area contributed by atoms with Crippen LogP contribution in [0.5, 0.6) is 0 Å². The van der Waals surface area contributed by atoms with Gasteiger partial charge in [-0.2, -0.15) is 0 Å². The molecular formula is C11H21NO3. The largest absolute Gasteiger partial charge is 0.481 e. The maximum absolute atomic E-state index is 10.9. The number of carboxylic acids is 1. The van der Waals surface area contributed by atoms with Crippen molar-refractivity contribution >= 4 is 5.97 Å². The molecule has 0 spiro atoms. The Morgan fingerprint density at radius 1 is 1.67 bits per heavy atom. The van der Waals surface area contributed by atoms with Crippen molar-refractivity contribution in [3.8, 4) is 0 Å². The summed E-state index contributed by atoms with van der Waals surface area (Å²) in [5.41, 5.74) is 0. The lowest BCUT2D eigenvalue weighted by Crippen LogP contribution is -2.48. The third kappa shape index (κ3) is 3.18. The summed E-state index contributed by atoms with van der Waals surface area (Å²) >= 11 is 0. The molecule has 1 rings (SSSR count). The van der Waals surface area contributed by atoms with Crippen molar-refractivity contribution in [2.24, 2.45) is 5.92 Å². The first-order valence-corrected chi connectivity index (χ1v) is 5.53. The maximum Gasteiger partial charge on any atom is 0.306 e. The van der Waals surface area contributed by atoms with Gasteiger partial charge in [0.1, 0.15) is 0 Å². The van der Waals surface area contributed by atoms with E-state index in [-0.39, 0.29) is 5.92 Å². The van der Waals surface area contributed by atoms with E-state index in [4.69, 9.17) is 9.84 Å². The molecule has 0 bridgehead atoms. The molecule has 3 unspecified atom stereocenters. The van der Waals surface area contributed by atoms with Gasteiger partial charge in [0, 0.05) is 19.2 Å². The number of rotatable bonds is 4. The van der Waals surface area contributed by atoms with E-state index in [1.165, 1.54) is 0 Å². The number of carbonyl (C=O) groups is 1. The molecule has 0 aromatic carbocycles. The lowest BCUT2D eigenvalue weighted by Gasteiger charge is -2.39. The highest BCUT2D eigenvalue weighted by Crippen LogP contribution is 2.24. The molecule has 1 aliphatic rings. The van der Waals surface area contributed by atoms with Crippen LogP contribution in [0.15, 0.2) is 0 Å². The molecule has 0 radical (unpaired) electrons. The van der Waals surface area contributed by atoms with E-state index < -0.39 is 5.97 Å². The van der Waals surface area contributed by atoms with E-state index in [1.807, 2.05) is 0 Å². The molecule has 1 saturated heterocycles. The predicted molar refractivity (Wildman–Crippen MR) is 57.9 cm³/mol. The van der Waals surface area contributed by atoms with Crippen LogP contribution in [-0.4, -0.2) is 48.3 Å². The minimum absolute atomic E-state index is 0.161. The van der Waals surface area contributed by atoms with E-state index in [9.17, 15) is 4.79 Å². The Kier molecular flexibility index (Phi) is 4.54. The molecule has 0 aliphatic carbocycles. The number of hydrogen-bond acceptors (Lipinski definition) is 3. The van der Waals surface area contributed by atoms with Gasteiger partial charge in [0.25, 0.3) is 0 Å². The van der Waals surface area contributed by atoms with Gasteiger partial charge in [-0.3, -0.25) is 9.69 Å². The maximum atomic E-state index is 10.9. The fourth-order valence-corrected chi connectivity index (χ4v) is 2.41. The summed E-state index contributed by atoms with van der Waals surface area (Å²) < 4.78 is 5.12. The molecule has 15 heavy (non-hydrogen) atoms. The normalized spacial score (nSPS) is 30.1. The highest BCUT2D eigenvalue weighted by atomic mass is 16.5. The summed E-state index contributed by atoms with van der Waals surface area (Å²) in [5.74, 6) is -0.813. The molecule has 1 N–H and O–H groups in total. The third-order valence-corrected chi connectivity index (χ3v) is 3.25. The van der Waals surface area contributed by atoms with Gasteiger partial charge in [-0.25, -0.2) is 0 Å². The standard InChI is InChI=1S/C11H21NO3/c1-8-6-10(11(13)14)4-5-12(8)9(2)7-15-3/h8-10H,4-7H2,1-3H3,(H,13,14). The lowest BCUT2D eigenvalue weighted by molar-refractivity contribution is -0.144. The monoisotopic (exact) mass is 215 g/mol. The summed E-state index contributed by atoms with van der Waals surface area (Å²) in [6.07, 6.45) is 1.51. The van der Waals surface area contributed by atoms with Gasteiger partial charge in [-0.15, -0.1) is 0 Å². The molecule has 4 heteroatoms. The van der Waals surface area contributed by atoms with Gasteiger partial charge in [0.2, 0.25) is 0 Å². The first kappa shape index (κ1) is 12.5. The molecule has 4 nitrogen and oxygen atoms in total. The second-order valence-electron chi connectivity index (χ2n) is 4.45. The lowest BCUT2D eigenvalue weighted by atomic mass is 9.91. The number of piperidine rings is 1. The predicted octanol–water partition coefficient (Wildman–Crippen LogP) is 1.21. The highest BCUT2D eigenvalue weighted by molar-refractivity contribution is 5.70. The minimum Gasteiger partial charge on any atom is -0.481 e. The first-order valence-electron chi connectivity index (χ1n) is 5.53. The molecule has 0 aromatic rings. The Morgan fingerprint density at radius 3 is 2.80 bits per heavy atom. The van der Waals surface area contributed by atoms with Gasteiger partial charge < -0.3 is 9.84 Å². The summed E-state index contributed by atoms with van der Waals surface area (Å²) in [6.45, 7) is 5.80. The molecule has 0 aromatic heterocycles. The van der Waals surface area contributed by atoms with Crippen LogP contribution < -0.4 is 0 Å². The first-order chi connectivity index (χ1) is 7.06. The molecule has 88 valence electrons. The van der Waals surface area contributed by atoms with Crippen LogP contribution in [0.1, 0.15) is 26.7 Å². The number of ether oxygens (including phenoxy) is 1. The van der Waals surface area contributed by atoms with Gasteiger partial charge >= 0.3 is 5.97 Å². The van der Waals surface area contributed by atoms with Crippen molar-refractivity contribution in [1.29, 1.82) is 0 Å². The SMILES string of the molecule is COCC(C)N1CCC(C(=O)O)CC1C. The van der Waals surface area contributed by atoms with Crippen LogP contribution in [0, 0.1) is 5.92 Å². The van der Waals surface area contributed by atoms with Crippen LogP contribution in [0.25, 0.3) is 0 Å². The number of methoxy groups -OCH3 is 1. The van der Waals surface area contributed by atoms with E-state index in [1.54, 1.807) is 7.11 Å². The fraction of sp³-hybridized carbons (Fsp3) is 0.909. The summed E-state index contributed by atoms with van der Waals surface area (Å²) in [4.78, 5) is 13.2. The number of aliphatic carboxylic acids is 1. The smallest absolute Gasteiger partial charge is 0.306 e. The summed E-state index contributed by atoms with van der Waals surface area (Å²) in [6, 6.07) is 0.713. The zero-order valence-electron chi connectivity index (χ0n) is 9.77. The topological polar surface area (TPSA) is 49.8 Å². The van der Waals surface area contributed by atoms with E-state index in [0.717, 1.165) is 19.4 Å². The van der Waals surface area contributed by atoms with Gasteiger partial charge in [0.15, 0.2) is 0 Å². The van der Waals surface area contributed by atoms with Gasteiger partial charge in [0.05, 0.1) is 12.5 Å². The zero-order valence-corrected chi connectivity index (χ0v) is 9.77. The van der Waals surface area contributed by atoms with Gasteiger partial charge in [-0.05, 0) is 33.2 Å². The molecular weight excluding hydrogens is 194 g/mol. The Balaban J connectivity index is 2.48. The Morgan fingerprint density at radius 2 is 2.33 bits per heavy atom. The van der Waals surface area contributed by atoms with Gasteiger partial charge in [-0.1, -0.05) is 0 Å². The quantitative estimate of drug-likeness (QED) is 0.765.